The molecule has 23 heteroatoms. The second kappa shape index (κ2) is 24.1. The van der Waals surface area contributed by atoms with Crippen molar-refractivity contribution in [3.8, 4) is 0 Å². The van der Waals surface area contributed by atoms with E-state index in [0.29, 0.717) is 0 Å². The van der Waals surface area contributed by atoms with Crippen molar-refractivity contribution >= 4 is 53.3 Å². The molecule has 0 aromatic carbocycles. The van der Waals surface area contributed by atoms with Crippen LogP contribution in [-0.4, -0.2) is 142 Å². The van der Waals surface area contributed by atoms with Gasteiger partial charge in [-0.05, 0) is 38.5 Å². The average molecular weight is 748 g/mol. The number of nitrogens with one attached hydrogen (secondary N) is 6. The zero-order valence-corrected chi connectivity index (χ0v) is 29.3. The van der Waals surface area contributed by atoms with Crippen LogP contribution in [0, 0.1) is 5.92 Å². The first-order valence-electron chi connectivity index (χ1n) is 16.2. The number of carbonyl (C=O) groups is 8. The van der Waals surface area contributed by atoms with Gasteiger partial charge < -0.3 is 75.3 Å². The molecule has 0 aliphatic carbocycles. The van der Waals surface area contributed by atoms with Crippen LogP contribution in [0.2, 0.25) is 0 Å². The summed E-state index contributed by atoms with van der Waals surface area (Å²) in [5.41, 5.74) is 21.1. The maximum absolute atomic E-state index is 13.3. The van der Waals surface area contributed by atoms with Crippen LogP contribution >= 0.6 is 0 Å². The molecule has 0 aromatic heterocycles. The minimum atomic E-state index is -1.66. The average Bonchev–Trinajstić information content (AvgIpc) is 3.05. The van der Waals surface area contributed by atoms with Gasteiger partial charge in [0.05, 0.1) is 31.9 Å². The van der Waals surface area contributed by atoms with E-state index in [1.54, 1.807) is 13.8 Å². The topological polar surface area (TPSA) is 406 Å². The smallest absolute Gasteiger partial charge is 0.326 e. The van der Waals surface area contributed by atoms with E-state index >= 15 is 0 Å². The number of carboxylic acid groups (broad SMARTS) is 1. The van der Waals surface area contributed by atoms with Gasteiger partial charge in [-0.1, -0.05) is 13.8 Å². The lowest BCUT2D eigenvalue weighted by Crippen LogP contribution is -2.61. The fraction of sp³-hybridized carbons (Fsp3) is 0.690. The van der Waals surface area contributed by atoms with Gasteiger partial charge in [0.15, 0.2) is 5.96 Å². The SMILES string of the molecule is CC(C)C[C@H](NC(=O)[C@H](CO)NC(=O)CNC(=O)[C@H](CO)NC(=O)[C@@H](N)CCC(N)=O)C(=O)N[C@H](C(=O)N[C@@H](CCCN=C(N)N)C(=O)O)[C@@H](C)O. The molecule has 0 spiro atoms. The normalized spacial score (nSPS) is 14.9. The summed E-state index contributed by atoms with van der Waals surface area (Å²) in [5.74, 6) is -8.45. The molecule has 0 unspecified atom stereocenters. The van der Waals surface area contributed by atoms with E-state index < -0.39 is 109 Å². The molecule has 18 N–H and O–H groups in total. The second-order valence-electron chi connectivity index (χ2n) is 12.1. The third kappa shape index (κ3) is 18.7. The summed E-state index contributed by atoms with van der Waals surface area (Å²) < 4.78 is 0. The second-order valence-corrected chi connectivity index (χ2v) is 12.1. The van der Waals surface area contributed by atoms with E-state index in [-0.39, 0.29) is 50.5 Å². The lowest BCUT2D eigenvalue weighted by atomic mass is 10.0. The first-order chi connectivity index (χ1) is 24.2. The number of hydrogen-bond acceptors (Lipinski definition) is 13. The fourth-order valence-electron chi connectivity index (χ4n) is 4.29. The quantitative estimate of drug-likeness (QED) is 0.0234. The molecule has 0 aliphatic heterocycles. The van der Waals surface area contributed by atoms with Gasteiger partial charge in [0, 0.05) is 13.0 Å². The number of aliphatic hydroxyl groups is 3. The van der Waals surface area contributed by atoms with E-state index in [9.17, 15) is 58.8 Å². The van der Waals surface area contributed by atoms with Crippen LogP contribution < -0.4 is 54.8 Å². The van der Waals surface area contributed by atoms with E-state index in [0.717, 1.165) is 0 Å². The van der Waals surface area contributed by atoms with E-state index in [1.165, 1.54) is 6.92 Å². The van der Waals surface area contributed by atoms with Crippen LogP contribution in [0.15, 0.2) is 4.99 Å². The van der Waals surface area contributed by atoms with Crippen molar-refractivity contribution in [3.05, 3.63) is 0 Å². The van der Waals surface area contributed by atoms with E-state index in [2.05, 4.69) is 36.9 Å². The molecule has 0 saturated carbocycles. The molecule has 296 valence electrons. The van der Waals surface area contributed by atoms with Crippen molar-refractivity contribution < 1.29 is 58.8 Å². The van der Waals surface area contributed by atoms with E-state index in [1.807, 2.05) is 0 Å². The Morgan fingerprint density at radius 2 is 1.23 bits per heavy atom. The number of nitrogens with zero attached hydrogens (tertiary/aromatic N) is 1. The number of carbonyl (C=O) groups excluding carboxylic acids is 7. The molecule has 0 fully saturated rings. The Hall–Kier alpha value is -5.13. The van der Waals surface area contributed by atoms with Gasteiger partial charge in [-0.25, -0.2) is 4.79 Å². The number of aliphatic imine (C=N–C) groups is 1. The van der Waals surface area contributed by atoms with Gasteiger partial charge in [0.2, 0.25) is 41.4 Å². The summed E-state index contributed by atoms with van der Waals surface area (Å²) in [6, 6.07) is -8.85. The zero-order valence-electron chi connectivity index (χ0n) is 29.3. The minimum Gasteiger partial charge on any atom is -0.480 e. The number of carboxylic acids is 1. The summed E-state index contributed by atoms with van der Waals surface area (Å²) in [6.07, 6.45) is -1.78. The Balaban J connectivity index is 5.47. The number of aliphatic hydroxyl groups excluding tert-OH is 3. The molecule has 52 heavy (non-hydrogen) atoms. The number of rotatable bonds is 25. The van der Waals surface area contributed by atoms with Crippen LogP contribution in [0.3, 0.4) is 0 Å². The van der Waals surface area contributed by atoms with Gasteiger partial charge in [-0.3, -0.25) is 38.6 Å². The Kier molecular flexibility index (Phi) is 21.7. The summed E-state index contributed by atoms with van der Waals surface area (Å²) in [7, 11) is 0. The summed E-state index contributed by atoms with van der Waals surface area (Å²) in [6.45, 7) is 2.03. The fourth-order valence-corrected chi connectivity index (χ4v) is 4.29. The van der Waals surface area contributed by atoms with Gasteiger partial charge in [0.1, 0.15) is 30.2 Å². The molecular weight excluding hydrogens is 694 g/mol. The molecule has 0 bridgehead atoms. The largest absolute Gasteiger partial charge is 0.480 e. The van der Waals surface area contributed by atoms with Gasteiger partial charge in [-0.2, -0.15) is 0 Å². The monoisotopic (exact) mass is 747 g/mol. The zero-order chi connectivity index (χ0) is 40.1. The molecular formula is C29H53N11O12. The molecule has 7 amide bonds. The molecule has 23 nitrogen and oxygen atoms in total. The van der Waals surface area contributed by atoms with Crippen molar-refractivity contribution in [2.75, 3.05) is 26.3 Å². The number of hydrogen-bond donors (Lipinski definition) is 14. The lowest BCUT2D eigenvalue weighted by molar-refractivity contribution is -0.143. The van der Waals surface area contributed by atoms with Crippen LogP contribution in [-0.2, 0) is 38.4 Å². The van der Waals surface area contributed by atoms with Crippen molar-refractivity contribution in [3.63, 3.8) is 0 Å². The summed E-state index contributed by atoms with van der Waals surface area (Å²) >= 11 is 0. The van der Waals surface area contributed by atoms with Crippen molar-refractivity contribution in [1.29, 1.82) is 0 Å². The first kappa shape index (κ1) is 46.9. The maximum Gasteiger partial charge on any atom is 0.326 e. The van der Waals surface area contributed by atoms with Crippen LogP contribution in [0.1, 0.15) is 52.9 Å². The summed E-state index contributed by atoms with van der Waals surface area (Å²) in [5, 5.41) is 52.4. The molecule has 0 saturated heterocycles. The van der Waals surface area contributed by atoms with Crippen molar-refractivity contribution in [2.24, 2.45) is 33.8 Å². The highest BCUT2D eigenvalue weighted by molar-refractivity contribution is 5.96. The molecule has 0 radical (unpaired) electrons. The third-order valence-electron chi connectivity index (χ3n) is 7.07. The molecule has 0 aromatic rings. The van der Waals surface area contributed by atoms with Crippen LogP contribution in [0.5, 0.6) is 0 Å². The number of guanidine groups is 1. The van der Waals surface area contributed by atoms with E-state index in [4.69, 9.17) is 22.9 Å². The Morgan fingerprint density at radius 1 is 0.692 bits per heavy atom. The highest BCUT2D eigenvalue weighted by Gasteiger charge is 2.33. The predicted molar refractivity (Wildman–Crippen MR) is 182 cm³/mol. The Labute approximate surface area is 299 Å². The standard InChI is InChI=1S/C29H53N11O12/c1-13(2)9-17(25(48)40-22(14(3)43)27(50)37-16(28(51)52)5-4-8-34-29(32)33)38-26(49)19(12-42)36-21(45)10-35-24(47)18(11-41)39-23(46)15(30)6-7-20(31)44/h13-19,22,41-43H,4-12,30H2,1-3H3,(H2,31,44)(H,35,47)(H,36,45)(H,37,50)(H,38,49)(H,39,46)(H,40,48)(H,51,52)(H4,32,33,34)/t14-,15+,16+,17+,18+,19+,22+/m1/s1. The third-order valence-corrected chi connectivity index (χ3v) is 7.07. The number of primary amides is 1. The van der Waals surface area contributed by atoms with Crippen LogP contribution in [0.25, 0.3) is 0 Å². The molecule has 0 heterocycles. The number of aliphatic carboxylic acids is 1. The first-order valence-corrected chi connectivity index (χ1v) is 16.2. The minimum absolute atomic E-state index is 0.0170. The van der Waals surface area contributed by atoms with Crippen molar-refractivity contribution in [1.82, 2.24) is 31.9 Å². The molecule has 0 rings (SSSR count). The highest BCUT2D eigenvalue weighted by Crippen LogP contribution is 2.08. The highest BCUT2D eigenvalue weighted by atomic mass is 16.4. The van der Waals surface area contributed by atoms with Gasteiger partial charge in [0.25, 0.3) is 0 Å². The Morgan fingerprint density at radius 3 is 1.73 bits per heavy atom. The number of amides is 7. The van der Waals surface area contributed by atoms with Crippen molar-refractivity contribution in [2.45, 2.75) is 95.2 Å². The maximum atomic E-state index is 13.3. The molecule has 7 atom stereocenters. The lowest BCUT2D eigenvalue weighted by Gasteiger charge is -2.27. The predicted octanol–water partition coefficient (Wildman–Crippen LogP) is -7.33. The number of nitrogens with two attached hydrogens (primary N) is 4. The summed E-state index contributed by atoms with van der Waals surface area (Å²) in [4.78, 5) is 103. The van der Waals surface area contributed by atoms with Crippen LogP contribution in [0.4, 0.5) is 0 Å². The molecule has 0 aliphatic rings. The van der Waals surface area contributed by atoms with Gasteiger partial charge >= 0.3 is 5.97 Å². The van der Waals surface area contributed by atoms with Gasteiger partial charge in [-0.15, -0.1) is 0 Å². The Bertz CT molecular complexity index is 1280.